The van der Waals surface area contributed by atoms with Crippen molar-refractivity contribution in [3.8, 4) is 0 Å². The fourth-order valence-electron chi connectivity index (χ4n) is 2.28. The van der Waals surface area contributed by atoms with Crippen molar-refractivity contribution in [1.82, 2.24) is 4.90 Å². The van der Waals surface area contributed by atoms with E-state index in [0.29, 0.717) is 11.1 Å². The van der Waals surface area contributed by atoms with Gasteiger partial charge in [0.25, 0.3) is 15.0 Å². The minimum Gasteiger partial charge on any atom is -0.339 e. The first-order valence-electron chi connectivity index (χ1n) is 6.24. The highest BCUT2D eigenvalue weighted by Crippen LogP contribution is 2.22. The molecule has 1 fully saturated rings. The minimum absolute atomic E-state index is 0.0111. The Morgan fingerprint density at radius 3 is 2.42 bits per heavy atom. The Kier molecular flexibility index (Phi) is 4.16. The fourth-order valence-corrected chi connectivity index (χ4v) is 3.49. The van der Waals surface area contributed by atoms with E-state index >= 15 is 0 Å². The molecule has 1 saturated heterocycles. The van der Waals surface area contributed by atoms with E-state index in [1.54, 1.807) is 24.0 Å². The van der Waals surface area contributed by atoms with Crippen molar-refractivity contribution < 1.29 is 13.2 Å². The van der Waals surface area contributed by atoms with Gasteiger partial charge in [-0.3, -0.25) is 4.79 Å². The number of carbonyl (C=O) groups excluding carboxylic acids is 1. The summed E-state index contributed by atoms with van der Waals surface area (Å²) in [7, 11) is 1.55. The van der Waals surface area contributed by atoms with Crippen molar-refractivity contribution in [2.75, 3.05) is 13.1 Å². The third kappa shape index (κ3) is 3.28. The summed E-state index contributed by atoms with van der Waals surface area (Å²) in [5.41, 5.74) is 0.928. The highest BCUT2D eigenvalue weighted by molar-refractivity contribution is 8.13. The van der Waals surface area contributed by atoms with Gasteiger partial charge < -0.3 is 4.90 Å². The van der Waals surface area contributed by atoms with Gasteiger partial charge in [0, 0.05) is 29.3 Å². The Bertz CT molecular complexity index is 592. The van der Waals surface area contributed by atoms with Crippen LogP contribution < -0.4 is 0 Å². The molecular weight excluding hydrogens is 286 g/mol. The summed E-state index contributed by atoms with van der Waals surface area (Å²) in [5.74, 6) is -0.124. The Morgan fingerprint density at radius 1 is 1.21 bits per heavy atom. The van der Waals surface area contributed by atoms with E-state index in [1.165, 1.54) is 6.07 Å². The van der Waals surface area contributed by atoms with Gasteiger partial charge in [-0.1, -0.05) is 6.07 Å². The number of benzene rings is 1. The predicted octanol–water partition coefficient (Wildman–Crippen LogP) is 2.55. The summed E-state index contributed by atoms with van der Waals surface area (Å²) in [4.78, 5) is 14.1. The van der Waals surface area contributed by atoms with Crippen molar-refractivity contribution in [3.05, 3.63) is 29.3 Å². The third-order valence-corrected chi connectivity index (χ3v) is 4.80. The number of hydrogen-bond acceptors (Lipinski definition) is 3. The van der Waals surface area contributed by atoms with E-state index in [4.69, 9.17) is 10.7 Å². The molecule has 1 aliphatic heterocycles. The molecule has 1 aromatic carbocycles. The average Bonchev–Trinajstić information content (AvgIpc) is 2.38. The Hall–Kier alpha value is -1.07. The average molecular weight is 302 g/mol. The molecule has 1 amide bonds. The number of hydrogen-bond donors (Lipinski definition) is 0. The second-order valence-electron chi connectivity index (χ2n) is 4.77. The van der Waals surface area contributed by atoms with Crippen LogP contribution in [-0.2, 0) is 9.05 Å². The number of aryl methyl sites for hydroxylation is 1. The molecule has 1 aliphatic rings. The second kappa shape index (κ2) is 5.51. The van der Waals surface area contributed by atoms with E-state index in [9.17, 15) is 13.2 Å². The molecule has 0 atom stereocenters. The lowest BCUT2D eigenvalue weighted by atomic mass is 10.1. The van der Waals surface area contributed by atoms with Crippen LogP contribution in [0.3, 0.4) is 0 Å². The summed E-state index contributed by atoms with van der Waals surface area (Å²) < 4.78 is 22.9. The molecule has 6 heteroatoms. The SMILES string of the molecule is Cc1ccc(C(=O)N2CCCCC2)cc1S(=O)(=O)Cl. The normalized spacial score (nSPS) is 16.4. The number of piperidine rings is 1. The molecule has 0 bridgehead atoms. The highest BCUT2D eigenvalue weighted by Gasteiger charge is 2.21. The molecule has 1 aromatic rings. The van der Waals surface area contributed by atoms with E-state index in [2.05, 4.69) is 0 Å². The van der Waals surface area contributed by atoms with Gasteiger partial charge in [-0.2, -0.15) is 0 Å². The van der Waals surface area contributed by atoms with Gasteiger partial charge in [0.05, 0.1) is 4.90 Å². The van der Waals surface area contributed by atoms with E-state index in [0.717, 1.165) is 32.4 Å². The minimum atomic E-state index is -3.82. The van der Waals surface area contributed by atoms with E-state index < -0.39 is 9.05 Å². The molecule has 0 N–H and O–H groups in total. The van der Waals surface area contributed by atoms with Crippen molar-refractivity contribution in [3.63, 3.8) is 0 Å². The van der Waals surface area contributed by atoms with Crippen LogP contribution in [0.5, 0.6) is 0 Å². The monoisotopic (exact) mass is 301 g/mol. The molecule has 0 unspecified atom stereocenters. The molecule has 2 rings (SSSR count). The lowest BCUT2D eigenvalue weighted by molar-refractivity contribution is 0.0724. The summed E-state index contributed by atoms with van der Waals surface area (Å²) >= 11 is 0. The zero-order valence-corrected chi connectivity index (χ0v) is 12.3. The van der Waals surface area contributed by atoms with Crippen LogP contribution in [0, 0.1) is 6.92 Å². The van der Waals surface area contributed by atoms with Crippen molar-refractivity contribution in [2.45, 2.75) is 31.1 Å². The van der Waals surface area contributed by atoms with Crippen LogP contribution in [0.2, 0.25) is 0 Å². The lowest BCUT2D eigenvalue weighted by Gasteiger charge is -2.26. The fraction of sp³-hybridized carbons (Fsp3) is 0.462. The van der Waals surface area contributed by atoms with Gasteiger partial charge in [-0.05, 0) is 43.9 Å². The number of amides is 1. The Morgan fingerprint density at radius 2 is 1.84 bits per heavy atom. The van der Waals surface area contributed by atoms with Gasteiger partial charge in [0.2, 0.25) is 0 Å². The molecule has 4 nitrogen and oxygen atoms in total. The number of likely N-dealkylation sites (tertiary alicyclic amines) is 1. The van der Waals surface area contributed by atoms with Gasteiger partial charge in [-0.15, -0.1) is 0 Å². The first-order valence-corrected chi connectivity index (χ1v) is 8.55. The van der Waals surface area contributed by atoms with Gasteiger partial charge in [0.15, 0.2) is 0 Å². The van der Waals surface area contributed by atoms with Crippen LogP contribution in [-0.4, -0.2) is 32.3 Å². The maximum Gasteiger partial charge on any atom is 0.261 e. The van der Waals surface area contributed by atoms with Gasteiger partial charge in [-0.25, -0.2) is 8.42 Å². The molecule has 19 heavy (non-hydrogen) atoms. The molecule has 0 aliphatic carbocycles. The zero-order chi connectivity index (χ0) is 14.0. The molecule has 1 heterocycles. The van der Waals surface area contributed by atoms with E-state index in [-0.39, 0.29) is 10.8 Å². The van der Waals surface area contributed by atoms with Crippen LogP contribution in [0.25, 0.3) is 0 Å². The number of carbonyl (C=O) groups is 1. The smallest absolute Gasteiger partial charge is 0.261 e. The quantitative estimate of drug-likeness (QED) is 0.789. The number of halogens is 1. The highest BCUT2D eigenvalue weighted by atomic mass is 35.7. The Labute approximate surface area is 117 Å². The van der Waals surface area contributed by atoms with Gasteiger partial charge in [0.1, 0.15) is 0 Å². The molecule has 0 spiro atoms. The standard InChI is InChI=1S/C13H16ClNO3S/c1-10-5-6-11(9-12(10)19(14,17)18)13(16)15-7-3-2-4-8-15/h5-6,9H,2-4,7-8H2,1H3. The van der Waals surface area contributed by atoms with Gasteiger partial charge >= 0.3 is 0 Å². The largest absolute Gasteiger partial charge is 0.339 e. The second-order valence-corrected chi connectivity index (χ2v) is 7.31. The lowest BCUT2D eigenvalue weighted by Crippen LogP contribution is -2.35. The predicted molar refractivity (Wildman–Crippen MR) is 74.0 cm³/mol. The maximum atomic E-state index is 12.3. The van der Waals surface area contributed by atoms with Crippen LogP contribution in [0.15, 0.2) is 23.1 Å². The molecule has 104 valence electrons. The summed E-state index contributed by atoms with van der Waals surface area (Å²) in [6.45, 7) is 3.12. The topological polar surface area (TPSA) is 54.5 Å². The van der Waals surface area contributed by atoms with Crippen molar-refractivity contribution in [2.24, 2.45) is 0 Å². The third-order valence-electron chi connectivity index (χ3n) is 3.34. The summed E-state index contributed by atoms with van der Waals surface area (Å²) in [6.07, 6.45) is 3.13. The van der Waals surface area contributed by atoms with Crippen LogP contribution in [0.4, 0.5) is 0 Å². The Balaban J connectivity index is 2.33. The van der Waals surface area contributed by atoms with Crippen LogP contribution >= 0.6 is 10.7 Å². The first kappa shape index (κ1) is 14.3. The van der Waals surface area contributed by atoms with E-state index in [1.807, 2.05) is 0 Å². The maximum absolute atomic E-state index is 12.3. The summed E-state index contributed by atoms with van der Waals surface area (Å²) in [5, 5.41) is 0. The van der Waals surface area contributed by atoms with Crippen molar-refractivity contribution in [1.29, 1.82) is 0 Å². The molecule has 0 radical (unpaired) electrons. The molecule has 0 saturated carbocycles. The summed E-state index contributed by atoms with van der Waals surface area (Å²) in [6, 6.07) is 4.64. The first-order chi connectivity index (χ1) is 8.89. The zero-order valence-electron chi connectivity index (χ0n) is 10.7. The number of nitrogens with zero attached hydrogens (tertiary/aromatic N) is 1. The molecule has 0 aromatic heterocycles. The van der Waals surface area contributed by atoms with Crippen LogP contribution in [0.1, 0.15) is 35.2 Å². The molecular formula is C13H16ClNO3S. The van der Waals surface area contributed by atoms with Crippen molar-refractivity contribution >= 4 is 25.6 Å². The number of rotatable bonds is 2.